The SMILES string of the molecule is Cc1ccc(C(=O)[C@@H](C)Sc2nnc(-c3cccc(Cl)c3)n2-c2ccccc2C(F)(F)F)cc1C. The first-order chi connectivity index (χ1) is 16.6. The molecule has 0 amide bonds. The van der Waals surface area contributed by atoms with Crippen molar-refractivity contribution < 1.29 is 18.0 Å². The van der Waals surface area contributed by atoms with Crippen molar-refractivity contribution in [1.82, 2.24) is 14.8 Å². The van der Waals surface area contributed by atoms with E-state index in [1.807, 2.05) is 26.0 Å². The third-order valence-electron chi connectivity index (χ3n) is 5.61. The molecule has 0 spiro atoms. The quantitative estimate of drug-likeness (QED) is 0.196. The highest BCUT2D eigenvalue weighted by atomic mass is 35.5. The molecule has 0 saturated carbocycles. The fraction of sp³-hybridized carbons (Fsp3) is 0.192. The molecule has 35 heavy (non-hydrogen) atoms. The van der Waals surface area contributed by atoms with Gasteiger partial charge in [-0.05, 0) is 62.2 Å². The average molecular weight is 516 g/mol. The van der Waals surface area contributed by atoms with Crippen LogP contribution in [0.1, 0.15) is 34.0 Å². The molecule has 4 nitrogen and oxygen atoms in total. The third-order valence-corrected chi connectivity index (χ3v) is 6.89. The van der Waals surface area contributed by atoms with Gasteiger partial charge in [-0.15, -0.1) is 10.2 Å². The van der Waals surface area contributed by atoms with Crippen molar-refractivity contribution in [3.63, 3.8) is 0 Å². The zero-order valence-corrected chi connectivity index (χ0v) is 20.7. The van der Waals surface area contributed by atoms with E-state index in [4.69, 9.17) is 11.6 Å². The molecule has 0 aliphatic carbocycles. The highest BCUT2D eigenvalue weighted by molar-refractivity contribution is 8.00. The van der Waals surface area contributed by atoms with Gasteiger partial charge in [-0.2, -0.15) is 13.2 Å². The molecule has 0 radical (unpaired) electrons. The molecular formula is C26H21ClF3N3OS. The van der Waals surface area contributed by atoms with Crippen LogP contribution in [0.15, 0.2) is 71.9 Å². The Morgan fingerprint density at radius 2 is 1.71 bits per heavy atom. The Morgan fingerprint density at radius 3 is 2.40 bits per heavy atom. The lowest BCUT2D eigenvalue weighted by atomic mass is 10.0. The minimum atomic E-state index is -4.60. The van der Waals surface area contributed by atoms with Gasteiger partial charge in [0, 0.05) is 16.1 Å². The number of rotatable bonds is 6. The number of nitrogens with zero attached hydrogens (tertiary/aromatic N) is 3. The molecule has 0 aliphatic rings. The van der Waals surface area contributed by atoms with Crippen LogP contribution in [0, 0.1) is 13.8 Å². The molecule has 0 unspecified atom stereocenters. The second-order valence-electron chi connectivity index (χ2n) is 8.09. The summed E-state index contributed by atoms with van der Waals surface area (Å²) in [6, 6.07) is 17.3. The number of Topliss-reactive ketones (excluding diaryl/α,β-unsaturated/α-hetero) is 1. The number of para-hydroxylation sites is 1. The largest absolute Gasteiger partial charge is 0.418 e. The maximum Gasteiger partial charge on any atom is 0.418 e. The Bertz CT molecular complexity index is 1400. The normalized spacial score (nSPS) is 12.5. The number of halogens is 4. The van der Waals surface area contributed by atoms with Crippen LogP contribution in [0.4, 0.5) is 13.2 Å². The standard InChI is InChI=1S/C26H21ClF3N3OS/c1-15-11-12-18(13-16(15)2)23(34)17(3)35-25-32-31-24(19-7-6-8-20(27)14-19)33(25)22-10-5-4-9-21(22)26(28,29)30/h4-14,17H,1-3H3/t17-/m1/s1. The number of hydrogen-bond acceptors (Lipinski definition) is 4. The van der Waals surface area contributed by atoms with E-state index in [1.165, 1.54) is 22.8 Å². The van der Waals surface area contributed by atoms with Gasteiger partial charge in [0.15, 0.2) is 16.8 Å². The molecule has 1 aromatic heterocycles. The monoisotopic (exact) mass is 515 g/mol. The van der Waals surface area contributed by atoms with E-state index >= 15 is 0 Å². The summed E-state index contributed by atoms with van der Waals surface area (Å²) in [5.74, 6) is 0.0404. The molecule has 9 heteroatoms. The van der Waals surface area contributed by atoms with Crippen molar-refractivity contribution in [3.05, 3.63) is 94.0 Å². The minimum Gasteiger partial charge on any atom is -0.293 e. The van der Waals surface area contributed by atoms with Crippen LogP contribution in [0.2, 0.25) is 5.02 Å². The van der Waals surface area contributed by atoms with Crippen molar-refractivity contribution in [3.8, 4) is 17.1 Å². The van der Waals surface area contributed by atoms with Crippen LogP contribution in [0.3, 0.4) is 0 Å². The van der Waals surface area contributed by atoms with Crippen molar-refractivity contribution in [2.24, 2.45) is 0 Å². The van der Waals surface area contributed by atoms with Gasteiger partial charge >= 0.3 is 6.18 Å². The molecular weight excluding hydrogens is 495 g/mol. The summed E-state index contributed by atoms with van der Waals surface area (Å²) >= 11 is 7.19. The van der Waals surface area contributed by atoms with Crippen molar-refractivity contribution in [2.75, 3.05) is 0 Å². The van der Waals surface area contributed by atoms with E-state index in [9.17, 15) is 18.0 Å². The second kappa shape index (κ2) is 9.87. The molecule has 0 saturated heterocycles. The number of alkyl halides is 3. The van der Waals surface area contributed by atoms with E-state index in [-0.39, 0.29) is 22.5 Å². The van der Waals surface area contributed by atoms with E-state index < -0.39 is 17.0 Å². The Kier molecular flexibility index (Phi) is 7.05. The fourth-order valence-electron chi connectivity index (χ4n) is 3.63. The molecule has 4 rings (SSSR count). The molecule has 0 aliphatic heterocycles. The van der Waals surface area contributed by atoms with Crippen LogP contribution < -0.4 is 0 Å². The Morgan fingerprint density at radius 1 is 0.971 bits per heavy atom. The van der Waals surface area contributed by atoms with Gasteiger partial charge in [-0.1, -0.05) is 59.8 Å². The summed E-state index contributed by atoms with van der Waals surface area (Å²) in [5.41, 5.74) is 2.12. The first kappa shape index (κ1) is 25.0. The van der Waals surface area contributed by atoms with Crippen LogP contribution in [-0.2, 0) is 6.18 Å². The van der Waals surface area contributed by atoms with Crippen LogP contribution in [0.5, 0.6) is 0 Å². The maximum atomic E-state index is 13.9. The topological polar surface area (TPSA) is 47.8 Å². The average Bonchev–Trinajstić information content (AvgIpc) is 3.23. The predicted molar refractivity (Wildman–Crippen MR) is 132 cm³/mol. The molecule has 1 heterocycles. The lowest BCUT2D eigenvalue weighted by molar-refractivity contribution is -0.137. The smallest absolute Gasteiger partial charge is 0.293 e. The lowest BCUT2D eigenvalue weighted by Crippen LogP contribution is -2.16. The van der Waals surface area contributed by atoms with Gasteiger partial charge in [0.1, 0.15) is 0 Å². The lowest BCUT2D eigenvalue weighted by Gasteiger charge is -2.18. The maximum absolute atomic E-state index is 13.9. The summed E-state index contributed by atoms with van der Waals surface area (Å²) in [7, 11) is 0. The second-order valence-corrected chi connectivity index (χ2v) is 9.83. The Hall–Kier alpha value is -3.10. The first-order valence-electron chi connectivity index (χ1n) is 10.7. The molecule has 1 atom stereocenters. The molecule has 0 N–H and O–H groups in total. The first-order valence-corrected chi connectivity index (χ1v) is 12.0. The molecule has 0 fully saturated rings. The van der Waals surface area contributed by atoms with Gasteiger partial charge < -0.3 is 0 Å². The van der Waals surface area contributed by atoms with Crippen molar-refractivity contribution in [2.45, 2.75) is 37.4 Å². The summed E-state index contributed by atoms with van der Waals surface area (Å²) in [6.07, 6.45) is -4.60. The van der Waals surface area contributed by atoms with Gasteiger partial charge in [0.25, 0.3) is 0 Å². The Balaban J connectivity index is 1.81. The van der Waals surface area contributed by atoms with Gasteiger partial charge in [0.2, 0.25) is 0 Å². The Labute approximate surface area is 210 Å². The number of aromatic nitrogens is 3. The minimum absolute atomic E-state index is 0.131. The van der Waals surface area contributed by atoms with E-state index in [0.29, 0.717) is 16.1 Å². The van der Waals surface area contributed by atoms with Gasteiger partial charge in [-0.3, -0.25) is 9.36 Å². The van der Waals surface area contributed by atoms with Crippen LogP contribution in [0.25, 0.3) is 17.1 Å². The number of thioether (sulfide) groups is 1. The number of hydrogen-bond donors (Lipinski definition) is 0. The van der Waals surface area contributed by atoms with Crippen LogP contribution >= 0.6 is 23.4 Å². The number of carbonyl (C=O) groups is 1. The van der Waals surface area contributed by atoms with Gasteiger partial charge in [0.05, 0.1) is 16.5 Å². The molecule has 4 aromatic rings. The van der Waals surface area contributed by atoms with E-state index in [0.717, 1.165) is 29.0 Å². The van der Waals surface area contributed by atoms with E-state index in [2.05, 4.69) is 10.2 Å². The molecule has 180 valence electrons. The zero-order chi connectivity index (χ0) is 25.3. The summed E-state index contributed by atoms with van der Waals surface area (Å²) in [4.78, 5) is 13.1. The van der Waals surface area contributed by atoms with Crippen molar-refractivity contribution >= 4 is 29.1 Å². The van der Waals surface area contributed by atoms with Crippen LogP contribution in [-0.4, -0.2) is 25.8 Å². The molecule has 3 aromatic carbocycles. The van der Waals surface area contributed by atoms with Gasteiger partial charge in [-0.25, -0.2) is 0 Å². The summed E-state index contributed by atoms with van der Waals surface area (Å²) in [5, 5.41) is 8.33. The summed E-state index contributed by atoms with van der Waals surface area (Å²) in [6.45, 7) is 5.58. The number of benzene rings is 3. The number of ketones is 1. The predicted octanol–water partition coefficient (Wildman–Crippen LogP) is 7.59. The summed E-state index contributed by atoms with van der Waals surface area (Å²) < 4.78 is 43.1. The number of aryl methyl sites for hydroxylation is 2. The highest BCUT2D eigenvalue weighted by Gasteiger charge is 2.35. The van der Waals surface area contributed by atoms with Crippen molar-refractivity contribution in [1.29, 1.82) is 0 Å². The number of carbonyl (C=O) groups excluding carboxylic acids is 1. The fourth-order valence-corrected chi connectivity index (χ4v) is 4.76. The molecule has 0 bridgehead atoms. The zero-order valence-electron chi connectivity index (χ0n) is 19.1. The highest BCUT2D eigenvalue weighted by Crippen LogP contribution is 2.38. The third kappa shape index (κ3) is 5.28. The van der Waals surface area contributed by atoms with E-state index in [1.54, 1.807) is 37.3 Å².